The molecule has 3 aromatic carbocycles. The van der Waals surface area contributed by atoms with Gasteiger partial charge in [0.05, 0.1) is 10.8 Å². The summed E-state index contributed by atoms with van der Waals surface area (Å²) in [6.45, 7) is 0.444. The Morgan fingerprint density at radius 3 is 2.71 bits per heavy atom. The zero-order valence-electron chi connectivity index (χ0n) is 18.8. The summed E-state index contributed by atoms with van der Waals surface area (Å²) >= 11 is 0. The van der Waals surface area contributed by atoms with Gasteiger partial charge in [0, 0.05) is 41.4 Å². The smallest absolute Gasteiger partial charge is 0.269 e. The highest BCUT2D eigenvalue weighted by atomic mass is 16.7. The summed E-state index contributed by atoms with van der Waals surface area (Å²) in [6.07, 6.45) is 0. The minimum absolute atomic E-state index is 0.0587. The van der Waals surface area contributed by atoms with E-state index in [-0.39, 0.29) is 24.2 Å². The first-order valence-corrected chi connectivity index (χ1v) is 11.2. The normalized spacial score (nSPS) is 24.4. The van der Waals surface area contributed by atoms with Gasteiger partial charge in [-0.15, -0.1) is 0 Å². The summed E-state index contributed by atoms with van der Waals surface area (Å²) in [4.78, 5) is 40.9. The molecule has 0 aliphatic carbocycles. The van der Waals surface area contributed by atoms with Gasteiger partial charge in [-0.05, 0) is 36.9 Å². The van der Waals surface area contributed by atoms with E-state index in [0.29, 0.717) is 34.9 Å². The number of para-hydroxylation sites is 1. The first kappa shape index (κ1) is 21.3. The van der Waals surface area contributed by atoms with Crippen LogP contribution >= 0.6 is 0 Å². The summed E-state index contributed by atoms with van der Waals surface area (Å²) in [5, 5.41) is 14.4. The number of nitrogens with one attached hydrogen (secondary N) is 1. The van der Waals surface area contributed by atoms with Crippen LogP contribution < -0.4 is 14.8 Å². The second-order valence-corrected chi connectivity index (χ2v) is 9.02. The van der Waals surface area contributed by atoms with Crippen LogP contribution in [-0.2, 0) is 10.3 Å². The SMILES string of the molecule is CN1C[C@H](c2cccc([N+](=O)[O-])c2)[C@@H](C(=O)c2ccc3c(c2)OCO3)[C@]12C(=O)Nc1ccccc12. The molecule has 0 unspecified atom stereocenters. The van der Waals surface area contributed by atoms with Crippen LogP contribution in [0.1, 0.15) is 27.4 Å². The summed E-state index contributed by atoms with van der Waals surface area (Å²) < 4.78 is 10.9. The zero-order chi connectivity index (χ0) is 24.3. The first-order valence-electron chi connectivity index (χ1n) is 11.2. The van der Waals surface area contributed by atoms with E-state index in [1.54, 1.807) is 30.3 Å². The van der Waals surface area contributed by atoms with E-state index in [1.165, 1.54) is 12.1 Å². The molecule has 0 aromatic heterocycles. The minimum atomic E-state index is -1.26. The quantitative estimate of drug-likeness (QED) is 0.351. The average Bonchev–Trinajstić information content (AvgIpc) is 3.54. The summed E-state index contributed by atoms with van der Waals surface area (Å²) in [7, 11) is 1.82. The molecule has 3 aliphatic heterocycles. The number of Topliss-reactive ketones (excluding diaryl/α,β-unsaturated/α-hetero) is 1. The van der Waals surface area contributed by atoms with Crippen molar-refractivity contribution in [1.82, 2.24) is 4.90 Å². The highest BCUT2D eigenvalue weighted by Crippen LogP contribution is 2.56. The molecule has 0 bridgehead atoms. The van der Waals surface area contributed by atoms with E-state index in [2.05, 4.69) is 5.32 Å². The Hall–Kier alpha value is -4.24. The van der Waals surface area contributed by atoms with Gasteiger partial charge in [-0.3, -0.25) is 24.6 Å². The second-order valence-electron chi connectivity index (χ2n) is 9.02. The number of ketones is 1. The van der Waals surface area contributed by atoms with Crippen molar-refractivity contribution in [3.8, 4) is 11.5 Å². The van der Waals surface area contributed by atoms with Gasteiger partial charge in [0.25, 0.3) is 5.69 Å². The lowest BCUT2D eigenvalue weighted by molar-refractivity contribution is -0.384. The number of carbonyl (C=O) groups is 2. The lowest BCUT2D eigenvalue weighted by Gasteiger charge is -2.35. The van der Waals surface area contributed by atoms with Gasteiger partial charge in [-0.25, -0.2) is 0 Å². The number of amides is 1. The number of nitrogens with zero attached hydrogens (tertiary/aromatic N) is 2. The third-order valence-corrected chi connectivity index (χ3v) is 7.31. The highest BCUT2D eigenvalue weighted by Gasteiger charge is 2.64. The molecular formula is C26H21N3O6. The molecule has 6 rings (SSSR count). The number of anilines is 1. The maximum Gasteiger partial charge on any atom is 0.269 e. The predicted octanol–water partition coefficient (Wildman–Crippen LogP) is 3.70. The predicted molar refractivity (Wildman–Crippen MR) is 126 cm³/mol. The lowest BCUT2D eigenvalue weighted by Crippen LogP contribution is -2.51. The number of likely N-dealkylation sites (N-methyl/N-ethyl adjacent to an activating group) is 1. The van der Waals surface area contributed by atoms with E-state index in [4.69, 9.17) is 9.47 Å². The van der Waals surface area contributed by atoms with Gasteiger partial charge in [0.2, 0.25) is 12.7 Å². The fourth-order valence-corrected chi connectivity index (χ4v) is 5.79. The molecule has 1 amide bonds. The molecule has 9 nitrogen and oxygen atoms in total. The third kappa shape index (κ3) is 2.98. The fraction of sp³-hybridized carbons (Fsp3) is 0.231. The molecule has 3 aliphatic rings. The maximum absolute atomic E-state index is 14.3. The van der Waals surface area contributed by atoms with E-state index < -0.39 is 22.3 Å². The van der Waals surface area contributed by atoms with E-state index in [9.17, 15) is 19.7 Å². The number of nitro benzene ring substituents is 1. The zero-order valence-corrected chi connectivity index (χ0v) is 18.8. The number of carbonyl (C=O) groups excluding carboxylic acids is 2. The van der Waals surface area contributed by atoms with Gasteiger partial charge in [0.1, 0.15) is 5.54 Å². The van der Waals surface area contributed by atoms with Crippen molar-refractivity contribution in [3.63, 3.8) is 0 Å². The molecule has 0 saturated carbocycles. The summed E-state index contributed by atoms with van der Waals surface area (Å²) in [5.41, 5.74) is 1.09. The van der Waals surface area contributed by atoms with Crippen molar-refractivity contribution in [2.24, 2.45) is 5.92 Å². The Kier molecular flexibility index (Phi) is 4.65. The van der Waals surface area contributed by atoms with Crippen LogP contribution in [0.4, 0.5) is 11.4 Å². The van der Waals surface area contributed by atoms with Crippen LogP contribution in [0.15, 0.2) is 66.7 Å². The monoisotopic (exact) mass is 471 g/mol. The van der Waals surface area contributed by atoms with Crippen molar-refractivity contribution in [2.75, 3.05) is 25.7 Å². The van der Waals surface area contributed by atoms with Crippen molar-refractivity contribution in [3.05, 3.63) is 93.5 Å². The molecule has 176 valence electrons. The number of nitro groups is 1. The van der Waals surface area contributed by atoms with Crippen LogP contribution in [-0.4, -0.2) is 41.9 Å². The van der Waals surface area contributed by atoms with Gasteiger partial charge in [0.15, 0.2) is 17.3 Å². The topological polar surface area (TPSA) is 111 Å². The molecule has 1 N–H and O–H groups in total. The van der Waals surface area contributed by atoms with Crippen molar-refractivity contribution < 1.29 is 24.0 Å². The van der Waals surface area contributed by atoms with Gasteiger partial charge >= 0.3 is 0 Å². The van der Waals surface area contributed by atoms with E-state index >= 15 is 0 Å². The highest BCUT2D eigenvalue weighted by molar-refractivity contribution is 6.12. The molecular weight excluding hydrogens is 450 g/mol. The lowest BCUT2D eigenvalue weighted by atomic mass is 9.70. The molecule has 1 spiro atoms. The molecule has 3 atom stereocenters. The van der Waals surface area contributed by atoms with Crippen LogP contribution in [0.3, 0.4) is 0 Å². The number of rotatable bonds is 4. The van der Waals surface area contributed by atoms with Gasteiger partial charge < -0.3 is 14.8 Å². The Labute approximate surface area is 200 Å². The first-order chi connectivity index (χ1) is 16.9. The Bertz CT molecular complexity index is 1410. The van der Waals surface area contributed by atoms with Crippen molar-refractivity contribution in [1.29, 1.82) is 0 Å². The van der Waals surface area contributed by atoms with E-state index in [0.717, 1.165) is 5.56 Å². The molecule has 3 heterocycles. The van der Waals surface area contributed by atoms with Crippen LogP contribution in [0, 0.1) is 16.0 Å². The number of non-ortho nitro benzene ring substituents is 1. The molecule has 0 radical (unpaired) electrons. The Morgan fingerprint density at radius 2 is 1.89 bits per heavy atom. The number of benzene rings is 3. The fourth-order valence-electron chi connectivity index (χ4n) is 5.79. The Balaban J connectivity index is 1.54. The van der Waals surface area contributed by atoms with Crippen LogP contribution in [0.2, 0.25) is 0 Å². The minimum Gasteiger partial charge on any atom is -0.454 e. The third-order valence-electron chi connectivity index (χ3n) is 7.31. The van der Waals surface area contributed by atoms with Crippen LogP contribution in [0.25, 0.3) is 0 Å². The molecule has 1 fully saturated rings. The molecule has 3 aromatic rings. The number of hydrogen-bond donors (Lipinski definition) is 1. The molecule has 1 saturated heterocycles. The number of fused-ring (bicyclic) bond motifs is 3. The number of likely N-dealkylation sites (tertiary alicyclic amines) is 1. The van der Waals surface area contributed by atoms with Crippen molar-refractivity contribution in [2.45, 2.75) is 11.5 Å². The summed E-state index contributed by atoms with van der Waals surface area (Å²) in [6, 6.07) is 18.7. The van der Waals surface area contributed by atoms with Crippen LogP contribution in [0.5, 0.6) is 11.5 Å². The van der Waals surface area contributed by atoms with E-state index in [1.807, 2.05) is 36.2 Å². The van der Waals surface area contributed by atoms with Crippen molar-refractivity contribution >= 4 is 23.1 Å². The van der Waals surface area contributed by atoms with Gasteiger partial charge in [-0.2, -0.15) is 0 Å². The largest absolute Gasteiger partial charge is 0.454 e. The number of ether oxygens (including phenoxy) is 2. The molecule has 9 heteroatoms. The average molecular weight is 471 g/mol. The molecule has 35 heavy (non-hydrogen) atoms. The van der Waals surface area contributed by atoms with Gasteiger partial charge in [-0.1, -0.05) is 30.3 Å². The standard InChI is InChI=1S/C26H21N3O6/c1-28-13-18(15-5-4-6-17(11-15)29(32)33)23(24(30)16-9-10-21-22(12-16)35-14-34-21)26(28)19-7-2-3-8-20(19)27-25(26)31/h2-12,18,23H,13-14H2,1H3,(H,27,31)/t18-,23+,26-/m1/s1. The number of hydrogen-bond acceptors (Lipinski definition) is 7. The Morgan fingerprint density at radius 1 is 1.09 bits per heavy atom. The second kappa shape index (κ2) is 7.64. The maximum atomic E-state index is 14.3. The summed E-state index contributed by atoms with van der Waals surface area (Å²) in [5.74, 6) is -0.795.